The van der Waals surface area contributed by atoms with Crippen LogP contribution in [0.5, 0.6) is 5.75 Å². The molecule has 0 saturated carbocycles. The average molecular weight is 626 g/mol. The van der Waals surface area contributed by atoms with Crippen molar-refractivity contribution < 1.29 is 23.9 Å². The standard InChI is InChI=1S/C33H44ClN5O5/c1-2-3-22-43-33(42)38-19-16-37(17-20-38)15-12-35-32(41)28-23-26(34)8-9-27(28)25-10-13-36(14-11-25)18-21-39-29-6-4-5-7-30(29)44-24-31(39)40/h4-9,23,25H,2-3,10-22,24H2,1H3,(H,35,41). The molecule has 2 aromatic rings. The Morgan fingerprint density at radius 3 is 2.50 bits per heavy atom. The number of anilines is 1. The third-order valence-electron chi connectivity index (χ3n) is 8.80. The number of para-hydroxylation sites is 2. The molecular formula is C33H44ClN5O5. The van der Waals surface area contributed by atoms with Crippen LogP contribution in [0.25, 0.3) is 0 Å². The maximum Gasteiger partial charge on any atom is 0.409 e. The Morgan fingerprint density at radius 2 is 1.73 bits per heavy atom. The van der Waals surface area contributed by atoms with Gasteiger partial charge in [-0.15, -0.1) is 0 Å². The van der Waals surface area contributed by atoms with Gasteiger partial charge < -0.3 is 29.5 Å². The minimum Gasteiger partial charge on any atom is -0.482 e. The first kappa shape index (κ1) is 32.1. The number of rotatable bonds is 11. The lowest BCUT2D eigenvalue weighted by atomic mass is 9.86. The van der Waals surface area contributed by atoms with E-state index in [0.717, 1.165) is 82.0 Å². The van der Waals surface area contributed by atoms with Crippen LogP contribution in [-0.4, -0.2) is 111 Å². The molecule has 0 atom stereocenters. The lowest BCUT2D eigenvalue weighted by Crippen LogP contribution is -2.50. The second kappa shape index (κ2) is 15.6. The summed E-state index contributed by atoms with van der Waals surface area (Å²) in [5, 5.41) is 3.65. The van der Waals surface area contributed by atoms with Crippen molar-refractivity contribution in [1.82, 2.24) is 20.0 Å². The largest absolute Gasteiger partial charge is 0.482 e. The number of ether oxygens (including phenoxy) is 2. The van der Waals surface area contributed by atoms with Gasteiger partial charge in [-0.3, -0.25) is 14.5 Å². The minimum atomic E-state index is -0.233. The molecule has 0 aromatic heterocycles. The quantitative estimate of drug-likeness (QED) is 0.374. The summed E-state index contributed by atoms with van der Waals surface area (Å²) >= 11 is 6.34. The molecule has 1 N–H and O–H groups in total. The molecule has 10 nitrogen and oxygen atoms in total. The van der Waals surface area contributed by atoms with Gasteiger partial charge in [-0.25, -0.2) is 4.79 Å². The predicted octanol–water partition coefficient (Wildman–Crippen LogP) is 4.23. The molecule has 0 spiro atoms. The van der Waals surface area contributed by atoms with Gasteiger partial charge in [-0.1, -0.05) is 43.1 Å². The summed E-state index contributed by atoms with van der Waals surface area (Å²) < 4.78 is 10.9. The van der Waals surface area contributed by atoms with E-state index in [1.165, 1.54) is 0 Å². The number of carbonyl (C=O) groups is 3. The molecule has 2 aromatic carbocycles. The van der Waals surface area contributed by atoms with E-state index in [9.17, 15) is 14.4 Å². The van der Waals surface area contributed by atoms with Gasteiger partial charge in [0.25, 0.3) is 11.8 Å². The number of hydrogen-bond donors (Lipinski definition) is 1. The molecule has 3 amide bonds. The molecule has 0 radical (unpaired) electrons. The molecule has 0 unspecified atom stereocenters. The Morgan fingerprint density at radius 1 is 0.977 bits per heavy atom. The molecule has 5 rings (SSSR count). The third kappa shape index (κ3) is 8.22. The summed E-state index contributed by atoms with van der Waals surface area (Å²) in [6.45, 7) is 9.83. The first-order valence-corrected chi connectivity index (χ1v) is 16.3. The van der Waals surface area contributed by atoms with Crippen LogP contribution in [0, 0.1) is 0 Å². The zero-order valence-electron chi connectivity index (χ0n) is 25.6. The number of hydrogen-bond acceptors (Lipinski definition) is 7. The highest BCUT2D eigenvalue weighted by atomic mass is 35.5. The van der Waals surface area contributed by atoms with Crippen molar-refractivity contribution in [2.45, 2.75) is 38.5 Å². The Balaban J connectivity index is 1.07. The highest BCUT2D eigenvalue weighted by molar-refractivity contribution is 6.31. The third-order valence-corrected chi connectivity index (χ3v) is 9.04. The summed E-state index contributed by atoms with van der Waals surface area (Å²) in [5.41, 5.74) is 2.52. The molecule has 11 heteroatoms. The van der Waals surface area contributed by atoms with E-state index in [1.54, 1.807) is 11.0 Å². The SMILES string of the molecule is CCCCOC(=O)N1CCN(CCNC(=O)c2cc(Cl)ccc2C2CCN(CCN3C(=O)COc4ccccc43)CC2)CC1. The maximum absolute atomic E-state index is 13.3. The van der Waals surface area contributed by atoms with E-state index in [1.807, 2.05) is 41.3 Å². The smallest absolute Gasteiger partial charge is 0.409 e. The number of benzene rings is 2. The highest BCUT2D eigenvalue weighted by Crippen LogP contribution is 2.33. The number of unbranched alkanes of at least 4 members (excludes halogenated alkanes) is 1. The second-order valence-electron chi connectivity index (χ2n) is 11.7. The fourth-order valence-corrected chi connectivity index (χ4v) is 6.33. The Hall–Kier alpha value is -3.34. The zero-order chi connectivity index (χ0) is 30.9. The number of piperidine rings is 1. The molecular weight excluding hydrogens is 582 g/mol. The van der Waals surface area contributed by atoms with Crippen LogP contribution in [-0.2, 0) is 9.53 Å². The topological polar surface area (TPSA) is 94.7 Å². The van der Waals surface area contributed by atoms with Crippen LogP contribution < -0.4 is 15.0 Å². The molecule has 3 aliphatic heterocycles. The molecule has 44 heavy (non-hydrogen) atoms. The number of carbonyl (C=O) groups excluding carboxylic acids is 3. The number of halogens is 1. The molecule has 238 valence electrons. The van der Waals surface area contributed by atoms with Gasteiger partial charge in [0.15, 0.2) is 6.61 Å². The predicted molar refractivity (Wildman–Crippen MR) is 171 cm³/mol. The summed E-state index contributed by atoms with van der Waals surface area (Å²) in [5.74, 6) is 0.898. The van der Waals surface area contributed by atoms with Gasteiger partial charge in [-0.05, 0) is 68.1 Å². The highest BCUT2D eigenvalue weighted by Gasteiger charge is 2.28. The number of piperazine rings is 1. The Bertz CT molecular complexity index is 1290. The molecule has 2 saturated heterocycles. The fourth-order valence-electron chi connectivity index (χ4n) is 6.16. The zero-order valence-corrected chi connectivity index (χ0v) is 26.4. The molecule has 2 fully saturated rings. The number of amides is 3. The average Bonchev–Trinajstić information content (AvgIpc) is 3.05. The normalized spacial score (nSPS) is 18.1. The van der Waals surface area contributed by atoms with Crippen LogP contribution in [0.3, 0.4) is 0 Å². The van der Waals surface area contributed by atoms with E-state index >= 15 is 0 Å². The Labute approximate surface area is 265 Å². The van der Waals surface area contributed by atoms with Gasteiger partial charge in [-0.2, -0.15) is 0 Å². The molecule has 3 heterocycles. The second-order valence-corrected chi connectivity index (χ2v) is 12.1. The van der Waals surface area contributed by atoms with Crippen LogP contribution in [0.1, 0.15) is 54.4 Å². The van der Waals surface area contributed by atoms with E-state index in [4.69, 9.17) is 21.1 Å². The van der Waals surface area contributed by atoms with Gasteiger partial charge in [0.05, 0.1) is 12.3 Å². The van der Waals surface area contributed by atoms with Gasteiger partial charge >= 0.3 is 6.09 Å². The van der Waals surface area contributed by atoms with Crippen LogP contribution in [0.4, 0.5) is 10.5 Å². The van der Waals surface area contributed by atoms with Crippen LogP contribution >= 0.6 is 11.6 Å². The van der Waals surface area contributed by atoms with Gasteiger partial charge in [0.1, 0.15) is 5.75 Å². The number of nitrogens with one attached hydrogen (secondary N) is 1. The summed E-state index contributed by atoms with van der Waals surface area (Å²) in [7, 11) is 0. The molecule has 0 aliphatic carbocycles. The van der Waals surface area contributed by atoms with Gasteiger partial charge in [0.2, 0.25) is 0 Å². The van der Waals surface area contributed by atoms with Crippen molar-refractivity contribution in [1.29, 1.82) is 0 Å². The van der Waals surface area contributed by atoms with Crippen molar-refractivity contribution in [3.8, 4) is 5.75 Å². The lowest BCUT2D eigenvalue weighted by Gasteiger charge is -2.35. The number of nitrogens with zero attached hydrogens (tertiary/aromatic N) is 4. The van der Waals surface area contributed by atoms with E-state index < -0.39 is 0 Å². The minimum absolute atomic E-state index is 0.0137. The Kier molecular flexibility index (Phi) is 11.4. The van der Waals surface area contributed by atoms with E-state index in [-0.39, 0.29) is 30.4 Å². The lowest BCUT2D eigenvalue weighted by molar-refractivity contribution is -0.121. The number of likely N-dealkylation sites (tertiary alicyclic amines) is 1. The van der Waals surface area contributed by atoms with Crippen LogP contribution in [0.15, 0.2) is 42.5 Å². The molecule has 3 aliphatic rings. The van der Waals surface area contributed by atoms with Crippen LogP contribution in [0.2, 0.25) is 5.02 Å². The van der Waals surface area contributed by atoms with Crippen molar-refractivity contribution in [3.05, 3.63) is 58.6 Å². The van der Waals surface area contributed by atoms with Gasteiger partial charge in [0, 0.05) is 62.9 Å². The first-order chi connectivity index (χ1) is 21.4. The van der Waals surface area contributed by atoms with Crippen molar-refractivity contribution in [3.63, 3.8) is 0 Å². The maximum atomic E-state index is 13.3. The van der Waals surface area contributed by atoms with Crippen molar-refractivity contribution in [2.24, 2.45) is 0 Å². The van der Waals surface area contributed by atoms with E-state index in [0.29, 0.717) is 43.4 Å². The summed E-state index contributed by atoms with van der Waals surface area (Å²) in [4.78, 5) is 46.3. The number of fused-ring (bicyclic) bond motifs is 1. The monoisotopic (exact) mass is 625 g/mol. The molecule has 0 bridgehead atoms. The van der Waals surface area contributed by atoms with Crippen molar-refractivity contribution in [2.75, 3.05) is 83.6 Å². The first-order valence-electron chi connectivity index (χ1n) is 15.9. The van der Waals surface area contributed by atoms with Crippen molar-refractivity contribution >= 4 is 35.2 Å². The summed E-state index contributed by atoms with van der Waals surface area (Å²) in [6.07, 6.45) is 3.51. The van der Waals surface area contributed by atoms with E-state index in [2.05, 4.69) is 22.0 Å². The summed E-state index contributed by atoms with van der Waals surface area (Å²) in [6, 6.07) is 13.3. The fraction of sp³-hybridized carbons (Fsp3) is 0.545.